The normalized spacial score (nSPS) is 25.1. The Morgan fingerprint density at radius 1 is 1.45 bits per heavy atom. The summed E-state index contributed by atoms with van der Waals surface area (Å²) in [5, 5.41) is 17.1. The number of piperidine rings is 1. The molecule has 5 nitrogen and oxygen atoms in total. The van der Waals surface area contributed by atoms with Crippen LogP contribution in [0.1, 0.15) is 30.2 Å². The Bertz CT molecular complexity index is 508. The van der Waals surface area contributed by atoms with Crippen LogP contribution in [-0.2, 0) is 9.59 Å². The van der Waals surface area contributed by atoms with Gasteiger partial charge >= 0.3 is 5.97 Å². The van der Waals surface area contributed by atoms with E-state index in [1.54, 1.807) is 12.1 Å². The van der Waals surface area contributed by atoms with E-state index in [-0.39, 0.29) is 17.2 Å². The van der Waals surface area contributed by atoms with E-state index in [1.807, 2.05) is 5.38 Å². The van der Waals surface area contributed by atoms with E-state index in [4.69, 9.17) is 0 Å². The van der Waals surface area contributed by atoms with Crippen molar-refractivity contribution in [2.24, 2.45) is 11.3 Å². The topological polar surface area (TPSA) is 78.4 Å². The second-order valence-corrected chi connectivity index (χ2v) is 6.64. The van der Waals surface area contributed by atoms with Crippen molar-refractivity contribution in [1.82, 2.24) is 10.6 Å². The molecule has 6 heteroatoms. The second kappa shape index (κ2) is 5.18. The lowest BCUT2D eigenvalue weighted by atomic mass is 9.91. The summed E-state index contributed by atoms with van der Waals surface area (Å²) < 4.78 is 0. The van der Waals surface area contributed by atoms with Crippen molar-refractivity contribution < 1.29 is 14.7 Å². The van der Waals surface area contributed by atoms with Gasteiger partial charge in [-0.3, -0.25) is 4.79 Å². The smallest absolute Gasteiger partial charge is 0.331 e. The summed E-state index contributed by atoms with van der Waals surface area (Å²) >= 11 is 1.35. The third-order valence-corrected chi connectivity index (χ3v) is 5.40. The van der Waals surface area contributed by atoms with Gasteiger partial charge in [0.2, 0.25) is 5.91 Å². The highest BCUT2D eigenvalue weighted by Gasteiger charge is 2.57. The number of amides is 1. The first kappa shape index (κ1) is 13.6. The predicted octanol–water partition coefficient (Wildman–Crippen LogP) is 1.38. The van der Waals surface area contributed by atoms with Gasteiger partial charge in [0, 0.05) is 10.8 Å². The second-order valence-electron chi connectivity index (χ2n) is 5.66. The lowest BCUT2D eigenvalue weighted by Crippen LogP contribution is -2.37. The number of thiophene rings is 1. The summed E-state index contributed by atoms with van der Waals surface area (Å²) in [4.78, 5) is 24.3. The molecule has 0 radical (unpaired) electrons. The largest absolute Gasteiger partial charge is 0.479 e. The van der Waals surface area contributed by atoms with Crippen molar-refractivity contribution in [1.29, 1.82) is 0 Å². The van der Waals surface area contributed by atoms with Crippen molar-refractivity contribution in [3.63, 3.8) is 0 Å². The first-order valence-electron chi connectivity index (χ1n) is 6.90. The highest BCUT2D eigenvalue weighted by molar-refractivity contribution is 7.10. The fourth-order valence-electron chi connectivity index (χ4n) is 3.15. The van der Waals surface area contributed by atoms with E-state index in [2.05, 4.69) is 10.6 Å². The summed E-state index contributed by atoms with van der Waals surface area (Å²) in [5.74, 6) is -1.11. The Hall–Kier alpha value is -1.40. The monoisotopic (exact) mass is 294 g/mol. The Labute approximate surface area is 121 Å². The fraction of sp³-hybridized carbons (Fsp3) is 0.571. The number of rotatable bonds is 4. The lowest BCUT2D eigenvalue weighted by Gasteiger charge is -2.23. The summed E-state index contributed by atoms with van der Waals surface area (Å²) in [6.07, 6.45) is 2.93. The molecule has 1 aromatic rings. The molecule has 2 heterocycles. The number of carbonyl (C=O) groups excluding carboxylic acids is 1. The molecule has 108 valence electrons. The molecule has 1 aromatic heterocycles. The van der Waals surface area contributed by atoms with Gasteiger partial charge < -0.3 is 15.7 Å². The van der Waals surface area contributed by atoms with E-state index < -0.39 is 12.0 Å². The standard InChI is InChI=1S/C14H18N2O3S/c17-12(9-8-14(9)3-5-15-6-4-14)16-11(13(18)19)10-2-1-7-20-10/h1-2,7,9,11,15H,3-6,8H2,(H,16,17)(H,18,19). The van der Waals surface area contributed by atoms with Gasteiger partial charge in [0.15, 0.2) is 6.04 Å². The van der Waals surface area contributed by atoms with Gasteiger partial charge in [0.05, 0.1) is 0 Å². The minimum Gasteiger partial charge on any atom is -0.479 e. The van der Waals surface area contributed by atoms with Crippen LogP contribution in [0, 0.1) is 11.3 Å². The molecule has 2 fully saturated rings. The number of carbonyl (C=O) groups is 2. The van der Waals surface area contributed by atoms with Gasteiger partial charge in [-0.1, -0.05) is 6.07 Å². The molecule has 20 heavy (non-hydrogen) atoms. The lowest BCUT2D eigenvalue weighted by molar-refractivity contribution is -0.142. The van der Waals surface area contributed by atoms with Crippen LogP contribution in [0.25, 0.3) is 0 Å². The van der Waals surface area contributed by atoms with Crippen LogP contribution in [0.4, 0.5) is 0 Å². The average molecular weight is 294 g/mol. The molecule has 1 aliphatic carbocycles. The molecule has 0 bridgehead atoms. The number of carboxylic acid groups (broad SMARTS) is 1. The summed E-state index contributed by atoms with van der Waals surface area (Å²) in [6.45, 7) is 1.91. The summed E-state index contributed by atoms with van der Waals surface area (Å²) in [6, 6.07) is 2.63. The molecular weight excluding hydrogens is 276 g/mol. The zero-order valence-corrected chi connectivity index (χ0v) is 11.9. The van der Waals surface area contributed by atoms with Crippen LogP contribution < -0.4 is 10.6 Å². The average Bonchev–Trinajstić information content (AvgIpc) is 2.89. The Kier molecular flexibility index (Phi) is 3.52. The maximum atomic E-state index is 12.3. The molecule has 1 amide bonds. The highest BCUT2D eigenvalue weighted by atomic mass is 32.1. The van der Waals surface area contributed by atoms with Crippen LogP contribution >= 0.6 is 11.3 Å². The molecule has 1 saturated carbocycles. The molecule has 1 aliphatic heterocycles. The molecule has 3 rings (SSSR count). The maximum absolute atomic E-state index is 12.3. The van der Waals surface area contributed by atoms with Gasteiger partial charge in [-0.2, -0.15) is 0 Å². The zero-order valence-electron chi connectivity index (χ0n) is 11.1. The minimum atomic E-state index is -0.999. The van der Waals surface area contributed by atoms with Gasteiger partial charge in [0.1, 0.15) is 0 Å². The number of hydrogen-bond acceptors (Lipinski definition) is 4. The molecule has 1 spiro atoms. The van der Waals surface area contributed by atoms with Gasteiger partial charge in [0.25, 0.3) is 0 Å². The first-order chi connectivity index (χ1) is 9.62. The van der Waals surface area contributed by atoms with Gasteiger partial charge in [-0.05, 0) is 49.2 Å². The van der Waals surface area contributed by atoms with Gasteiger partial charge in [-0.25, -0.2) is 4.79 Å². The third kappa shape index (κ3) is 2.45. The quantitative estimate of drug-likeness (QED) is 0.784. The van der Waals surface area contributed by atoms with E-state index in [1.165, 1.54) is 11.3 Å². The van der Waals surface area contributed by atoms with E-state index >= 15 is 0 Å². The number of nitrogens with one attached hydrogen (secondary N) is 2. The highest BCUT2D eigenvalue weighted by Crippen LogP contribution is 2.58. The zero-order chi connectivity index (χ0) is 14.2. The molecule has 3 N–H and O–H groups in total. The van der Waals surface area contributed by atoms with Crippen LogP contribution in [-0.4, -0.2) is 30.1 Å². The first-order valence-corrected chi connectivity index (χ1v) is 7.78. The van der Waals surface area contributed by atoms with Crippen molar-refractivity contribution in [2.75, 3.05) is 13.1 Å². The molecule has 0 aromatic carbocycles. The molecule has 2 unspecified atom stereocenters. The summed E-state index contributed by atoms with van der Waals surface area (Å²) in [7, 11) is 0. The number of hydrogen-bond donors (Lipinski definition) is 3. The van der Waals surface area contributed by atoms with Crippen LogP contribution in [0.5, 0.6) is 0 Å². The molecular formula is C14H18N2O3S. The van der Waals surface area contributed by atoms with Crippen LogP contribution in [0.2, 0.25) is 0 Å². The van der Waals surface area contributed by atoms with E-state index in [0.29, 0.717) is 4.88 Å². The van der Waals surface area contributed by atoms with Crippen molar-refractivity contribution in [3.8, 4) is 0 Å². The molecule has 2 aliphatic rings. The Balaban J connectivity index is 1.65. The predicted molar refractivity (Wildman–Crippen MR) is 75.5 cm³/mol. The third-order valence-electron chi connectivity index (χ3n) is 4.47. The van der Waals surface area contributed by atoms with E-state index in [9.17, 15) is 14.7 Å². The van der Waals surface area contributed by atoms with Crippen molar-refractivity contribution >= 4 is 23.2 Å². The molecule has 1 saturated heterocycles. The van der Waals surface area contributed by atoms with Crippen LogP contribution in [0.15, 0.2) is 17.5 Å². The van der Waals surface area contributed by atoms with Crippen molar-refractivity contribution in [2.45, 2.75) is 25.3 Å². The van der Waals surface area contributed by atoms with Gasteiger partial charge in [-0.15, -0.1) is 11.3 Å². The Morgan fingerprint density at radius 3 is 2.80 bits per heavy atom. The van der Waals surface area contributed by atoms with E-state index in [0.717, 1.165) is 32.4 Å². The number of carboxylic acids is 1. The maximum Gasteiger partial charge on any atom is 0.331 e. The van der Waals surface area contributed by atoms with Crippen molar-refractivity contribution in [3.05, 3.63) is 22.4 Å². The Morgan fingerprint density at radius 2 is 2.20 bits per heavy atom. The molecule has 2 atom stereocenters. The summed E-state index contributed by atoms with van der Waals surface area (Å²) in [5.41, 5.74) is 0.133. The van der Waals surface area contributed by atoms with Crippen LogP contribution in [0.3, 0.4) is 0 Å². The fourth-order valence-corrected chi connectivity index (χ4v) is 3.92. The SMILES string of the molecule is O=C(O)C(NC(=O)C1CC12CCNCC2)c1cccs1. The number of aliphatic carboxylic acids is 1. The minimum absolute atomic E-state index is 0.00795.